The first-order valence-electron chi connectivity index (χ1n) is 6.76. The van der Waals surface area contributed by atoms with E-state index < -0.39 is 0 Å². The molecule has 2 aromatic rings. The number of nitrogens with one attached hydrogen (secondary N) is 1. The molecule has 2 aromatic carbocycles. The first-order chi connectivity index (χ1) is 9.65. The fourth-order valence-electron chi connectivity index (χ4n) is 1.97. The molecule has 0 fully saturated rings. The van der Waals surface area contributed by atoms with Gasteiger partial charge in [0.1, 0.15) is 0 Å². The van der Waals surface area contributed by atoms with Crippen molar-refractivity contribution in [3.63, 3.8) is 0 Å². The van der Waals surface area contributed by atoms with Crippen molar-refractivity contribution in [2.75, 3.05) is 24.3 Å². The summed E-state index contributed by atoms with van der Waals surface area (Å²) in [6.07, 6.45) is 1.27. The normalized spacial score (nSPS) is 10.1. The molecule has 0 aromatic heterocycles. The monoisotopic (exact) mass is 268 g/mol. The highest BCUT2D eigenvalue weighted by Gasteiger charge is 2.03. The average Bonchev–Trinajstić information content (AvgIpc) is 2.47. The highest BCUT2D eigenvalue weighted by molar-refractivity contribution is 5.91. The zero-order chi connectivity index (χ0) is 14.4. The Morgan fingerprint density at radius 2 is 1.65 bits per heavy atom. The van der Waals surface area contributed by atoms with Gasteiger partial charge in [0, 0.05) is 31.9 Å². The van der Waals surface area contributed by atoms with Gasteiger partial charge in [-0.15, -0.1) is 0 Å². The highest BCUT2D eigenvalue weighted by Crippen LogP contribution is 2.16. The first kappa shape index (κ1) is 14.1. The van der Waals surface area contributed by atoms with E-state index in [0.29, 0.717) is 6.42 Å². The molecule has 0 atom stereocenters. The lowest BCUT2D eigenvalue weighted by atomic mass is 10.1. The van der Waals surface area contributed by atoms with E-state index >= 15 is 0 Å². The quantitative estimate of drug-likeness (QED) is 0.902. The molecule has 3 heteroatoms. The van der Waals surface area contributed by atoms with Crippen molar-refractivity contribution in [2.45, 2.75) is 12.8 Å². The summed E-state index contributed by atoms with van der Waals surface area (Å²) in [5.74, 6) is 0.0476. The van der Waals surface area contributed by atoms with Gasteiger partial charge in [-0.2, -0.15) is 0 Å². The van der Waals surface area contributed by atoms with Crippen LogP contribution >= 0.6 is 0 Å². The maximum atomic E-state index is 11.9. The Kier molecular flexibility index (Phi) is 4.77. The van der Waals surface area contributed by atoms with E-state index in [-0.39, 0.29) is 5.91 Å². The predicted octanol–water partition coefficient (Wildman–Crippen LogP) is 3.32. The molecule has 0 heterocycles. The number of carbonyl (C=O) groups is 1. The zero-order valence-corrected chi connectivity index (χ0v) is 12.0. The summed E-state index contributed by atoms with van der Waals surface area (Å²) in [5.41, 5.74) is 3.14. The Morgan fingerprint density at radius 3 is 2.25 bits per heavy atom. The number of nitrogens with zero attached hydrogens (tertiary/aromatic N) is 1. The lowest BCUT2D eigenvalue weighted by Crippen LogP contribution is -2.13. The molecule has 1 N–H and O–H groups in total. The van der Waals surface area contributed by atoms with Crippen LogP contribution in [0.1, 0.15) is 12.0 Å². The van der Waals surface area contributed by atoms with Gasteiger partial charge in [-0.1, -0.05) is 30.3 Å². The van der Waals surface area contributed by atoms with Crippen LogP contribution in [0.15, 0.2) is 54.6 Å². The van der Waals surface area contributed by atoms with Crippen molar-refractivity contribution in [1.29, 1.82) is 0 Å². The van der Waals surface area contributed by atoms with Gasteiger partial charge in [-0.25, -0.2) is 0 Å². The van der Waals surface area contributed by atoms with E-state index in [0.717, 1.165) is 17.8 Å². The molecule has 0 radical (unpaired) electrons. The van der Waals surface area contributed by atoms with E-state index in [4.69, 9.17) is 0 Å². The summed E-state index contributed by atoms with van der Waals surface area (Å²) in [5, 5.41) is 2.92. The van der Waals surface area contributed by atoms with E-state index in [9.17, 15) is 4.79 Å². The molecule has 0 saturated carbocycles. The molecule has 0 spiro atoms. The van der Waals surface area contributed by atoms with Crippen molar-refractivity contribution < 1.29 is 4.79 Å². The van der Waals surface area contributed by atoms with E-state index in [1.807, 2.05) is 73.6 Å². The molecule has 0 aliphatic rings. The van der Waals surface area contributed by atoms with E-state index in [1.165, 1.54) is 5.56 Å². The van der Waals surface area contributed by atoms with Crippen LogP contribution in [0.5, 0.6) is 0 Å². The second-order valence-electron chi connectivity index (χ2n) is 4.98. The number of amides is 1. The Bertz CT molecular complexity index is 547. The van der Waals surface area contributed by atoms with Crippen molar-refractivity contribution >= 4 is 17.3 Å². The minimum atomic E-state index is 0.0476. The van der Waals surface area contributed by atoms with Gasteiger partial charge >= 0.3 is 0 Å². The van der Waals surface area contributed by atoms with Gasteiger partial charge < -0.3 is 10.2 Å². The smallest absolute Gasteiger partial charge is 0.224 e. The standard InChI is InChI=1S/C17H20N2O/c1-19(2)16-11-9-15(10-12-16)18-17(20)13-8-14-6-4-3-5-7-14/h3-7,9-12H,8,13H2,1-2H3,(H,18,20). The molecule has 0 aliphatic heterocycles. The molecule has 3 nitrogen and oxygen atoms in total. The van der Waals surface area contributed by atoms with Crippen LogP contribution in [-0.4, -0.2) is 20.0 Å². The lowest BCUT2D eigenvalue weighted by molar-refractivity contribution is -0.116. The zero-order valence-electron chi connectivity index (χ0n) is 12.0. The molecule has 0 aliphatic carbocycles. The third-order valence-corrected chi connectivity index (χ3v) is 3.15. The number of aryl methyl sites for hydroxylation is 1. The van der Waals surface area contributed by atoms with Crippen molar-refractivity contribution in [3.8, 4) is 0 Å². The fraction of sp³-hybridized carbons (Fsp3) is 0.235. The minimum Gasteiger partial charge on any atom is -0.378 e. The number of carbonyl (C=O) groups excluding carboxylic acids is 1. The summed E-state index contributed by atoms with van der Waals surface area (Å²) >= 11 is 0. The minimum absolute atomic E-state index is 0.0476. The summed E-state index contributed by atoms with van der Waals surface area (Å²) in [4.78, 5) is 13.9. The number of rotatable bonds is 5. The maximum absolute atomic E-state index is 11.9. The average molecular weight is 268 g/mol. The number of hydrogen-bond donors (Lipinski definition) is 1. The molecular formula is C17H20N2O. The molecule has 104 valence electrons. The third-order valence-electron chi connectivity index (χ3n) is 3.15. The molecule has 1 amide bonds. The highest BCUT2D eigenvalue weighted by atomic mass is 16.1. The van der Waals surface area contributed by atoms with Crippen LogP contribution < -0.4 is 10.2 Å². The van der Waals surface area contributed by atoms with Gasteiger partial charge in [0.05, 0.1) is 0 Å². The Morgan fingerprint density at radius 1 is 1.00 bits per heavy atom. The van der Waals surface area contributed by atoms with Crippen LogP contribution in [0, 0.1) is 0 Å². The SMILES string of the molecule is CN(C)c1ccc(NC(=O)CCc2ccccc2)cc1. The third kappa shape index (κ3) is 4.12. The maximum Gasteiger partial charge on any atom is 0.224 e. The molecule has 0 bridgehead atoms. The van der Waals surface area contributed by atoms with Crippen LogP contribution in [0.3, 0.4) is 0 Å². The molecule has 20 heavy (non-hydrogen) atoms. The Labute approximate surface area is 120 Å². The van der Waals surface area contributed by atoms with Gasteiger partial charge in [-0.05, 0) is 36.2 Å². The van der Waals surface area contributed by atoms with Crippen LogP contribution in [-0.2, 0) is 11.2 Å². The fourth-order valence-corrected chi connectivity index (χ4v) is 1.97. The second-order valence-corrected chi connectivity index (χ2v) is 4.98. The molecule has 0 unspecified atom stereocenters. The molecular weight excluding hydrogens is 248 g/mol. The van der Waals surface area contributed by atoms with Crippen LogP contribution in [0.25, 0.3) is 0 Å². The second kappa shape index (κ2) is 6.75. The number of anilines is 2. The number of benzene rings is 2. The Balaban J connectivity index is 1.85. The Hall–Kier alpha value is -2.29. The van der Waals surface area contributed by atoms with Crippen LogP contribution in [0.4, 0.5) is 11.4 Å². The summed E-state index contributed by atoms with van der Waals surface area (Å²) in [6, 6.07) is 17.9. The van der Waals surface area contributed by atoms with Crippen molar-refractivity contribution in [3.05, 3.63) is 60.2 Å². The van der Waals surface area contributed by atoms with Crippen molar-refractivity contribution in [2.24, 2.45) is 0 Å². The van der Waals surface area contributed by atoms with Gasteiger partial charge in [0.25, 0.3) is 0 Å². The van der Waals surface area contributed by atoms with E-state index in [2.05, 4.69) is 5.32 Å². The first-order valence-corrected chi connectivity index (χ1v) is 6.76. The number of hydrogen-bond acceptors (Lipinski definition) is 2. The van der Waals surface area contributed by atoms with Gasteiger partial charge in [0.2, 0.25) is 5.91 Å². The lowest BCUT2D eigenvalue weighted by Gasteiger charge is -2.13. The van der Waals surface area contributed by atoms with E-state index in [1.54, 1.807) is 0 Å². The van der Waals surface area contributed by atoms with Gasteiger partial charge in [0.15, 0.2) is 0 Å². The largest absolute Gasteiger partial charge is 0.378 e. The summed E-state index contributed by atoms with van der Waals surface area (Å²) in [7, 11) is 3.99. The van der Waals surface area contributed by atoms with Crippen molar-refractivity contribution in [1.82, 2.24) is 0 Å². The topological polar surface area (TPSA) is 32.3 Å². The predicted molar refractivity (Wildman–Crippen MR) is 84.2 cm³/mol. The van der Waals surface area contributed by atoms with Gasteiger partial charge in [-0.3, -0.25) is 4.79 Å². The summed E-state index contributed by atoms with van der Waals surface area (Å²) in [6.45, 7) is 0. The molecule has 0 saturated heterocycles. The summed E-state index contributed by atoms with van der Waals surface area (Å²) < 4.78 is 0. The molecule has 2 rings (SSSR count). The van der Waals surface area contributed by atoms with Crippen LogP contribution in [0.2, 0.25) is 0 Å².